The molecule has 1 aromatic heterocycles. The molecule has 0 spiro atoms. The number of nitrogens with one attached hydrogen (secondary N) is 1. The molecule has 0 aliphatic heterocycles. The van der Waals surface area contributed by atoms with Crippen LogP contribution in [-0.2, 0) is 4.79 Å². The fourth-order valence-corrected chi connectivity index (χ4v) is 2.73. The average Bonchev–Trinajstić information content (AvgIpc) is 2.90. The Kier molecular flexibility index (Phi) is 3.75. The minimum absolute atomic E-state index is 0.282. The Hall–Kier alpha value is -2.53. The van der Waals surface area contributed by atoms with Gasteiger partial charge in [-0.1, -0.05) is 47.7 Å². The van der Waals surface area contributed by atoms with E-state index in [-0.39, 0.29) is 17.2 Å². The first-order valence-electron chi connectivity index (χ1n) is 6.31. The van der Waals surface area contributed by atoms with E-state index >= 15 is 0 Å². The smallest absolute Gasteiger partial charge is 0.250 e. The molecule has 0 bridgehead atoms. The number of carbonyl (C=O) groups excluding carboxylic acids is 1. The Bertz CT molecular complexity index is 812. The number of rotatable bonds is 3. The molecule has 0 fully saturated rings. The number of amides is 1. The molecule has 1 amide bonds. The summed E-state index contributed by atoms with van der Waals surface area (Å²) in [5.41, 5.74) is 1.22. The van der Waals surface area contributed by atoms with Crippen molar-refractivity contribution in [2.45, 2.75) is 0 Å². The number of hydrogen-bond acceptors (Lipinski definition) is 3. The van der Waals surface area contributed by atoms with Crippen molar-refractivity contribution in [1.29, 1.82) is 0 Å². The first kappa shape index (κ1) is 13.5. The van der Waals surface area contributed by atoms with Crippen LogP contribution < -0.4 is 5.32 Å². The molecule has 0 aliphatic rings. The Balaban J connectivity index is 1.74. The summed E-state index contributed by atoms with van der Waals surface area (Å²) >= 11 is 1.24. The summed E-state index contributed by atoms with van der Waals surface area (Å²) in [6.45, 7) is 0. The number of hydrogen-bond donors (Lipinski definition) is 1. The van der Waals surface area contributed by atoms with Crippen LogP contribution in [0.1, 0.15) is 5.56 Å². The maximum atomic E-state index is 13.5. The Morgan fingerprint density at radius 3 is 2.71 bits per heavy atom. The molecule has 21 heavy (non-hydrogen) atoms. The first-order valence-corrected chi connectivity index (χ1v) is 7.13. The predicted octanol–water partition coefficient (Wildman–Crippen LogP) is 4.09. The number of nitrogens with zero attached hydrogens (tertiary/aromatic N) is 1. The summed E-state index contributed by atoms with van der Waals surface area (Å²) in [4.78, 5) is 15.9. The predicted molar refractivity (Wildman–Crippen MR) is 83.7 cm³/mol. The maximum absolute atomic E-state index is 13.5. The molecular weight excluding hydrogens is 287 g/mol. The summed E-state index contributed by atoms with van der Waals surface area (Å²) in [5, 5.41) is 3.03. The van der Waals surface area contributed by atoms with Gasteiger partial charge in [0.1, 0.15) is 11.3 Å². The van der Waals surface area contributed by atoms with Gasteiger partial charge in [-0.3, -0.25) is 10.1 Å². The fraction of sp³-hybridized carbons (Fsp3) is 0. The SMILES string of the molecule is O=C(C=Cc1ccccc1)Nc1nc2c(F)cccc2s1. The minimum Gasteiger partial charge on any atom is -0.298 e. The second kappa shape index (κ2) is 5.85. The van der Waals surface area contributed by atoms with Crippen LogP contribution in [0.4, 0.5) is 9.52 Å². The van der Waals surface area contributed by atoms with Crippen LogP contribution in [0.3, 0.4) is 0 Å². The molecule has 3 nitrogen and oxygen atoms in total. The van der Waals surface area contributed by atoms with Crippen molar-refractivity contribution in [3.8, 4) is 0 Å². The number of thiazole rings is 1. The van der Waals surface area contributed by atoms with Crippen molar-refractivity contribution in [3.05, 3.63) is 66.0 Å². The average molecular weight is 298 g/mol. The molecule has 0 unspecified atom stereocenters. The molecule has 3 rings (SSSR count). The number of para-hydroxylation sites is 1. The summed E-state index contributed by atoms with van der Waals surface area (Å²) in [7, 11) is 0. The lowest BCUT2D eigenvalue weighted by molar-refractivity contribution is -0.111. The lowest BCUT2D eigenvalue weighted by Crippen LogP contribution is -2.07. The van der Waals surface area contributed by atoms with Gasteiger partial charge in [-0.05, 0) is 23.8 Å². The van der Waals surface area contributed by atoms with Crippen molar-refractivity contribution in [1.82, 2.24) is 4.98 Å². The van der Waals surface area contributed by atoms with Gasteiger partial charge in [0.25, 0.3) is 0 Å². The normalized spacial score (nSPS) is 11.1. The summed E-state index contributed by atoms with van der Waals surface area (Å²) in [5.74, 6) is -0.678. The van der Waals surface area contributed by atoms with Gasteiger partial charge in [-0.25, -0.2) is 9.37 Å². The highest BCUT2D eigenvalue weighted by Crippen LogP contribution is 2.27. The molecule has 0 saturated heterocycles. The fourth-order valence-electron chi connectivity index (χ4n) is 1.85. The maximum Gasteiger partial charge on any atom is 0.250 e. The van der Waals surface area contributed by atoms with Gasteiger partial charge in [0.15, 0.2) is 5.13 Å². The molecule has 1 heterocycles. The van der Waals surface area contributed by atoms with Crippen LogP contribution in [0.15, 0.2) is 54.6 Å². The van der Waals surface area contributed by atoms with Crippen molar-refractivity contribution in [2.24, 2.45) is 0 Å². The van der Waals surface area contributed by atoms with Gasteiger partial charge >= 0.3 is 0 Å². The third kappa shape index (κ3) is 3.14. The summed E-state index contributed by atoms with van der Waals surface area (Å²) in [6, 6.07) is 14.2. The molecule has 0 radical (unpaired) electrons. The van der Waals surface area contributed by atoms with Gasteiger partial charge < -0.3 is 0 Å². The largest absolute Gasteiger partial charge is 0.298 e. The number of anilines is 1. The molecule has 0 aliphatic carbocycles. The Morgan fingerprint density at radius 1 is 1.14 bits per heavy atom. The van der Waals surface area contributed by atoms with Gasteiger partial charge in [-0.2, -0.15) is 0 Å². The second-order valence-electron chi connectivity index (χ2n) is 4.34. The Morgan fingerprint density at radius 2 is 1.95 bits per heavy atom. The van der Waals surface area contributed by atoms with E-state index in [0.29, 0.717) is 9.83 Å². The monoisotopic (exact) mass is 298 g/mol. The lowest BCUT2D eigenvalue weighted by atomic mass is 10.2. The number of carbonyl (C=O) groups is 1. The van der Waals surface area contributed by atoms with E-state index in [1.165, 1.54) is 23.5 Å². The van der Waals surface area contributed by atoms with Crippen molar-refractivity contribution in [3.63, 3.8) is 0 Å². The molecule has 0 atom stereocenters. The van der Waals surface area contributed by atoms with E-state index in [9.17, 15) is 9.18 Å². The topological polar surface area (TPSA) is 42.0 Å². The highest BCUT2D eigenvalue weighted by molar-refractivity contribution is 7.22. The Labute approximate surface area is 124 Å². The molecule has 5 heteroatoms. The van der Waals surface area contributed by atoms with Crippen LogP contribution in [0.5, 0.6) is 0 Å². The van der Waals surface area contributed by atoms with E-state index in [1.54, 1.807) is 18.2 Å². The zero-order chi connectivity index (χ0) is 14.7. The van der Waals surface area contributed by atoms with Crippen LogP contribution in [-0.4, -0.2) is 10.9 Å². The van der Waals surface area contributed by atoms with Gasteiger partial charge in [-0.15, -0.1) is 0 Å². The van der Waals surface area contributed by atoms with Gasteiger partial charge in [0.2, 0.25) is 5.91 Å². The molecule has 2 aromatic carbocycles. The van der Waals surface area contributed by atoms with E-state index in [0.717, 1.165) is 5.56 Å². The standard InChI is InChI=1S/C16H11FN2OS/c17-12-7-4-8-13-15(12)19-16(21-13)18-14(20)10-9-11-5-2-1-3-6-11/h1-10H,(H,18,19,20). The molecule has 104 valence electrons. The van der Waals surface area contributed by atoms with Crippen molar-refractivity contribution >= 4 is 38.7 Å². The molecule has 0 saturated carbocycles. The molecule has 3 aromatic rings. The van der Waals surface area contributed by atoms with E-state index in [4.69, 9.17) is 0 Å². The van der Waals surface area contributed by atoms with Gasteiger partial charge in [0, 0.05) is 6.08 Å². The van der Waals surface area contributed by atoms with E-state index in [2.05, 4.69) is 10.3 Å². The van der Waals surface area contributed by atoms with E-state index in [1.807, 2.05) is 30.3 Å². The molecular formula is C16H11FN2OS. The zero-order valence-electron chi connectivity index (χ0n) is 10.9. The van der Waals surface area contributed by atoms with Gasteiger partial charge in [0.05, 0.1) is 4.70 Å². The molecule has 1 N–H and O–H groups in total. The van der Waals surface area contributed by atoms with Crippen LogP contribution in [0, 0.1) is 5.82 Å². The third-order valence-corrected chi connectivity index (χ3v) is 3.76. The van der Waals surface area contributed by atoms with E-state index < -0.39 is 0 Å². The zero-order valence-corrected chi connectivity index (χ0v) is 11.7. The minimum atomic E-state index is -0.385. The summed E-state index contributed by atoms with van der Waals surface area (Å²) in [6.07, 6.45) is 3.14. The first-order chi connectivity index (χ1) is 10.2. The highest BCUT2D eigenvalue weighted by Gasteiger charge is 2.08. The number of fused-ring (bicyclic) bond motifs is 1. The summed E-state index contributed by atoms with van der Waals surface area (Å²) < 4.78 is 14.2. The number of benzene rings is 2. The van der Waals surface area contributed by atoms with Crippen molar-refractivity contribution < 1.29 is 9.18 Å². The van der Waals surface area contributed by atoms with Crippen LogP contribution in [0.2, 0.25) is 0 Å². The second-order valence-corrected chi connectivity index (χ2v) is 5.37. The number of halogens is 1. The lowest BCUT2D eigenvalue weighted by Gasteiger charge is -1.95. The van der Waals surface area contributed by atoms with Crippen molar-refractivity contribution in [2.75, 3.05) is 5.32 Å². The highest BCUT2D eigenvalue weighted by atomic mass is 32.1. The number of aromatic nitrogens is 1. The quantitative estimate of drug-likeness (QED) is 0.740. The van der Waals surface area contributed by atoms with Crippen LogP contribution in [0.25, 0.3) is 16.3 Å². The third-order valence-electron chi connectivity index (χ3n) is 2.83. The van der Waals surface area contributed by atoms with Crippen LogP contribution >= 0.6 is 11.3 Å².